The van der Waals surface area contributed by atoms with Crippen LogP contribution in [0.3, 0.4) is 0 Å². The first kappa shape index (κ1) is 11.4. The van der Waals surface area contributed by atoms with Crippen molar-refractivity contribution in [3.8, 4) is 0 Å². The molecule has 6 heteroatoms. The van der Waals surface area contributed by atoms with Crippen molar-refractivity contribution in [2.45, 2.75) is 0 Å². The van der Waals surface area contributed by atoms with Gasteiger partial charge in [-0.2, -0.15) is 0 Å². The second-order valence-electron chi connectivity index (χ2n) is 2.72. The number of pyridine rings is 1. The molecule has 3 N–H and O–H groups in total. The molecule has 1 aliphatic rings. The van der Waals surface area contributed by atoms with Gasteiger partial charge in [0.1, 0.15) is 6.34 Å². The molecule has 0 bridgehead atoms. The van der Waals surface area contributed by atoms with E-state index in [-0.39, 0.29) is 5.11 Å². The molecule has 80 valence electrons. The van der Waals surface area contributed by atoms with Crippen molar-refractivity contribution < 1.29 is 0 Å². The highest BCUT2D eigenvalue weighted by Crippen LogP contribution is 1.86. The van der Waals surface area contributed by atoms with Crippen LogP contribution in [0.2, 0.25) is 0 Å². The lowest BCUT2D eigenvalue weighted by Gasteiger charge is -2.13. The van der Waals surface area contributed by atoms with Crippen molar-refractivity contribution in [1.82, 2.24) is 15.4 Å². The molecule has 5 nitrogen and oxygen atoms in total. The summed E-state index contributed by atoms with van der Waals surface area (Å²) < 4.78 is 0. The Labute approximate surface area is 94.0 Å². The number of aliphatic imine (C=N–C) groups is 1. The molecule has 1 aromatic rings. The van der Waals surface area contributed by atoms with E-state index in [1.54, 1.807) is 23.7 Å². The van der Waals surface area contributed by atoms with Crippen LogP contribution in [0.5, 0.6) is 0 Å². The van der Waals surface area contributed by atoms with Gasteiger partial charge in [-0.05, 0) is 24.4 Å². The van der Waals surface area contributed by atoms with Gasteiger partial charge in [0, 0.05) is 12.4 Å². The number of aromatic nitrogens is 1. The van der Waals surface area contributed by atoms with Crippen LogP contribution in [0.1, 0.15) is 0 Å². The molecule has 0 aliphatic carbocycles. The number of rotatable bonds is 1. The number of hydrogen-bond acceptors (Lipinski definition) is 4. The average Bonchev–Trinajstić information content (AvgIpc) is 2.73. The smallest absolute Gasteiger partial charge is 0.182 e. The fourth-order valence-corrected chi connectivity index (χ4v) is 1.04. The molecular weight excluding hydrogens is 210 g/mol. The number of nitrogens with one attached hydrogen (secondary N) is 1. The summed E-state index contributed by atoms with van der Waals surface area (Å²) in [6.45, 7) is 1.66. The van der Waals surface area contributed by atoms with E-state index in [1.165, 1.54) is 0 Å². The molecule has 0 amide bonds. The number of nitrogens with zero attached hydrogens (tertiary/aromatic N) is 3. The normalized spacial score (nSPS) is 12.9. The van der Waals surface area contributed by atoms with Gasteiger partial charge in [0.15, 0.2) is 5.11 Å². The summed E-state index contributed by atoms with van der Waals surface area (Å²) >= 11 is 4.60. The Morgan fingerprint density at radius 1 is 1.33 bits per heavy atom. The van der Waals surface area contributed by atoms with Crippen molar-refractivity contribution >= 4 is 23.7 Å². The summed E-state index contributed by atoms with van der Waals surface area (Å²) in [6.07, 6.45) is 5.18. The maximum atomic E-state index is 5.19. The van der Waals surface area contributed by atoms with Crippen LogP contribution in [-0.2, 0) is 0 Å². The van der Waals surface area contributed by atoms with Crippen LogP contribution in [0.25, 0.3) is 0 Å². The fourth-order valence-electron chi connectivity index (χ4n) is 0.918. The van der Waals surface area contributed by atoms with Crippen LogP contribution in [0, 0.1) is 0 Å². The number of hydrazine groups is 1. The van der Waals surface area contributed by atoms with E-state index in [1.807, 2.05) is 18.2 Å². The van der Waals surface area contributed by atoms with Gasteiger partial charge in [0.25, 0.3) is 0 Å². The van der Waals surface area contributed by atoms with E-state index in [0.717, 1.165) is 13.1 Å². The Morgan fingerprint density at radius 2 is 2.07 bits per heavy atom. The van der Waals surface area contributed by atoms with Gasteiger partial charge >= 0.3 is 0 Å². The highest BCUT2D eigenvalue weighted by molar-refractivity contribution is 7.80. The zero-order chi connectivity index (χ0) is 10.9. The van der Waals surface area contributed by atoms with Crippen molar-refractivity contribution in [2.75, 3.05) is 13.1 Å². The summed E-state index contributed by atoms with van der Waals surface area (Å²) in [7, 11) is 0. The van der Waals surface area contributed by atoms with E-state index in [4.69, 9.17) is 5.73 Å². The van der Waals surface area contributed by atoms with Crippen molar-refractivity contribution in [2.24, 2.45) is 10.7 Å². The monoisotopic (exact) mass is 223 g/mol. The number of hydrogen-bond donors (Lipinski definition) is 2. The van der Waals surface area contributed by atoms with Crippen molar-refractivity contribution in [3.05, 3.63) is 30.6 Å². The minimum Gasteiger partial charge on any atom is -0.375 e. The lowest BCUT2D eigenvalue weighted by atomic mass is 10.5. The molecule has 15 heavy (non-hydrogen) atoms. The molecule has 0 fully saturated rings. The summed E-state index contributed by atoms with van der Waals surface area (Å²) in [4.78, 5) is 7.73. The second kappa shape index (κ2) is 6.72. The topological polar surface area (TPSA) is 66.5 Å². The summed E-state index contributed by atoms with van der Waals surface area (Å²) in [5.41, 5.74) is 7.92. The average molecular weight is 223 g/mol. The zero-order valence-corrected chi connectivity index (χ0v) is 9.02. The number of nitrogens with two attached hydrogens (primary N) is 1. The molecule has 2 heterocycles. The first-order valence-corrected chi connectivity index (χ1v) is 4.87. The summed E-state index contributed by atoms with van der Waals surface area (Å²) in [5, 5.41) is 2.03. The maximum Gasteiger partial charge on any atom is 0.182 e. The Kier molecular flexibility index (Phi) is 5.10. The second-order valence-corrected chi connectivity index (χ2v) is 3.16. The molecule has 0 aromatic carbocycles. The van der Waals surface area contributed by atoms with Crippen LogP contribution >= 0.6 is 12.2 Å². The van der Waals surface area contributed by atoms with Gasteiger partial charge < -0.3 is 5.73 Å². The van der Waals surface area contributed by atoms with Gasteiger partial charge in [0.05, 0.1) is 13.1 Å². The summed E-state index contributed by atoms with van der Waals surface area (Å²) in [5.74, 6) is 0. The van der Waals surface area contributed by atoms with Gasteiger partial charge in [-0.3, -0.25) is 20.4 Å². The van der Waals surface area contributed by atoms with Gasteiger partial charge in [-0.25, -0.2) is 0 Å². The molecular formula is C9H13N5S. The largest absolute Gasteiger partial charge is 0.375 e. The predicted molar refractivity (Wildman–Crippen MR) is 64.2 cm³/mol. The highest BCUT2D eigenvalue weighted by Gasteiger charge is 2.02. The Balaban J connectivity index is 0.000000162. The van der Waals surface area contributed by atoms with E-state index in [0.29, 0.717) is 0 Å². The van der Waals surface area contributed by atoms with Crippen LogP contribution in [0.15, 0.2) is 35.6 Å². The van der Waals surface area contributed by atoms with Crippen LogP contribution in [0.4, 0.5) is 0 Å². The maximum absolute atomic E-state index is 5.19. The van der Waals surface area contributed by atoms with E-state index < -0.39 is 0 Å². The highest BCUT2D eigenvalue weighted by atomic mass is 32.1. The minimum absolute atomic E-state index is 0.281. The van der Waals surface area contributed by atoms with Gasteiger partial charge in [0.2, 0.25) is 0 Å². The Bertz CT molecular complexity index is 287. The first-order chi connectivity index (χ1) is 7.29. The van der Waals surface area contributed by atoms with Crippen LogP contribution in [-0.4, -0.2) is 34.5 Å². The molecule has 0 radical (unpaired) electrons. The first-order valence-electron chi connectivity index (χ1n) is 4.46. The standard InChI is InChI=1S/C5H5N.C4H8N4S/c1-2-4-6-5-3-1;5-4(9)7-8-2-1-6-3-8/h1-5H;3H,1-2H2,(H3,5,7,9). The summed E-state index contributed by atoms with van der Waals surface area (Å²) in [6, 6.07) is 5.72. The van der Waals surface area contributed by atoms with E-state index >= 15 is 0 Å². The lowest BCUT2D eigenvalue weighted by Crippen LogP contribution is -2.42. The molecule has 1 aromatic heterocycles. The van der Waals surface area contributed by atoms with Crippen LogP contribution < -0.4 is 11.2 Å². The minimum atomic E-state index is 0.281. The molecule has 0 saturated carbocycles. The predicted octanol–water partition coefficient (Wildman–Crippen LogP) is 0.160. The Morgan fingerprint density at radius 3 is 2.40 bits per heavy atom. The SMILES string of the molecule is NC(=S)NN1C=NCC1.c1ccncc1. The fraction of sp³-hybridized carbons (Fsp3) is 0.222. The van der Waals surface area contributed by atoms with Crippen molar-refractivity contribution in [1.29, 1.82) is 0 Å². The molecule has 2 rings (SSSR count). The van der Waals surface area contributed by atoms with Gasteiger partial charge in [-0.15, -0.1) is 0 Å². The third-order valence-corrected chi connectivity index (χ3v) is 1.60. The van der Waals surface area contributed by atoms with Gasteiger partial charge in [-0.1, -0.05) is 6.07 Å². The Hall–Kier alpha value is -1.69. The third-order valence-electron chi connectivity index (χ3n) is 1.51. The number of thiocarbonyl (C=S) groups is 1. The van der Waals surface area contributed by atoms with Crippen molar-refractivity contribution in [3.63, 3.8) is 0 Å². The molecule has 0 atom stereocenters. The van der Waals surface area contributed by atoms with E-state index in [2.05, 4.69) is 27.6 Å². The van der Waals surface area contributed by atoms with E-state index in [9.17, 15) is 0 Å². The molecule has 1 aliphatic heterocycles. The quantitative estimate of drug-likeness (QED) is 0.664. The molecule has 0 spiro atoms. The molecule has 0 unspecified atom stereocenters. The third kappa shape index (κ3) is 5.58. The lowest BCUT2D eigenvalue weighted by molar-refractivity contribution is 0.424. The zero-order valence-electron chi connectivity index (χ0n) is 8.21. The molecule has 0 saturated heterocycles.